The molecule has 0 bridgehead atoms. The van der Waals surface area contributed by atoms with Crippen LogP contribution in [0.1, 0.15) is 28.9 Å². The second kappa shape index (κ2) is 7.02. The standard InChI is InChI=1S/C15H17N3O2S2/c19-13-5-1-7-18(13)8-3-6-16-14(20)12-10-17-15(22-12)11-4-2-9-21-11/h2,4,9-10H,1,3,5-8H2,(H,16,20). The fraction of sp³-hybridized carbons (Fsp3) is 0.400. The molecule has 0 aromatic carbocycles. The van der Waals surface area contributed by atoms with Crippen molar-refractivity contribution in [3.05, 3.63) is 28.6 Å². The van der Waals surface area contributed by atoms with E-state index in [1.165, 1.54) is 11.3 Å². The minimum atomic E-state index is -0.0898. The van der Waals surface area contributed by atoms with Crippen molar-refractivity contribution >= 4 is 34.5 Å². The number of carbonyl (C=O) groups excluding carboxylic acids is 2. The lowest BCUT2D eigenvalue weighted by Gasteiger charge is -2.15. The molecular weight excluding hydrogens is 318 g/mol. The molecule has 0 spiro atoms. The molecule has 1 saturated heterocycles. The maximum Gasteiger partial charge on any atom is 0.263 e. The van der Waals surface area contributed by atoms with Crippen LogP contribution in [0.25, 0.3) is 9.88 Å². The number of hydrogen-bond donors (Lipinski definition) is 1. The van der Waals surface area contributed by atoms with Crippen LogP contribution in [0.15, 0.2) is 23.7 Å². The molecule has 1 aliphatic heterocycles. The molecule has 3 rings (SSSR count). The molecule has 2 aromatic heterocycles. The average Bonchev–Trinajstić information content (AvgIpc) is 3.24. The Kier molecular flexibility index (Phi) is 4.84. The number of rotatable bonds is 6. The van der Waals surface area contributed by atoms with Crippen LogP contribution in [-0.4, -0.2) is 41.3 Å². The lowest BCUT2D eigenvalue weighted by atomic mass is 10.3. The minimum absolute atomic E-state index is 0.0898. The van der Waals surface area contributed by atoms with Crippen LogP contribution in [-0.2, 0) is 4.79 Å². The molecule has 7 heteroatoms. The molecule has 0 saturated carbocycles. The van der Waals surface area contributed by atoms with Crippen LogP contribution < -0.4 is 5.32 Å². The van der Waals surface area contributed by atoms with Crippen molar-refractivity contribution in [2.45, 2.75) is 19.3 Å². The van der Waals surface area contributed by atoms with Crippen LogP contribution in [0.3, 0.4) is 0 Å². The van der Waals surface area contributed by atoms with E-state index in [2.05, 4.69) is 10.3 Å². The number of hydrogen-bond acceptors (Lipinski definition) is 5. The maximum absolute atomic E-state index is 12.1. The summed E-state index contributed by atoms with van der Waals surface area (Å²) in [6.45, 7) is 2.16. The first-order chi connectivity index (χ1) is 10.7. The normalized spacial score (nSPS) is 14.5. The van der Waals surface area contributed by atoms with Crippen molar-refractivity contribution in [3.63, 3.8) is 0 Å². The van der Waals surface area contributed by atoms with Gasteiger partial charge in [0.25, 0.3) is 5.91 Å². The van der Waals surface area contributed by atoms with E-state index < -0.39 is 0 Å². The van der Waals surface area contributed by atoms with Gasteiger partial charge in [-0.1, -0.05) is 6.07 Å². The van der Waals surface area contributed by atoms with Gasteiger partial charge in [0.15, 0.2) is 0 Å². The van der Waals surface area contributed by atoms with Crippen LogP contribution >= 0.6 is 22.7 Å². The Morgan fingerprint density at radius 1 is 1.45 bits per heavy atom. The summed E-state index contributed by atoms with van der Waals surface area (Å²) in [6, 6.07) is 3.97. The molecular formula is C15H17N3O2S2. The zero-order chi connectivity index (χ0) is 15.4. The smallest absolute Gasteiger partial charge is 0.263 e. The van der Waals surface area contributed by atoms with Crippen LogP contribution in [0, 0.1) is 0 Å². The van der Waals surface area contributed by atoms with Gasteiger partial charge in [0.2, 0.25) is 5.91 Å². The van der Waals surface area contributed by atoms with Gasteiger partial charge in [-0.05, 0) is 24.3 Å². The van der Waals surface area contributed by atoms with Crippen molar-refractivity contribution < 1.29 is 9.59 Å². The Bertz CT molecular complexity index is 652. The van der Waals surface area contributed by atoms with E-state index in [4.69, 9.17) is 0 Å². The van der Waals surface area contributed by atoms with Gasteiger partial charge in [-0.15, -0.1) is 22.7 Å². The van der Waals surface area contributed by atoms with Crippen molar-refractivity contribution in [2.24, 2.45) is 0 Å². The molecule has 1 fully saturated rings. The number of carbonyl (C=O) groups is 2. The lowest BCUT2D eigenvalue weighted by Crippen LogP contribution is -2.30. The third-order valence-electron chi connectivity index (χ3n) is 3.52. The predicted molar refractivity (Wildman–Crippen MR) is 88.2 cm³/mol. The van der Waals surface area contributed by atoms with Crippen LogP contribution in [0.5, 0.6) is 0 Å². The fourth-order valence-corrected chi connectivity index (χ4v) is 4.03. The summed E-state index contributed by atoms with van der Waals surface area (Å²) < 4.78 is 0. The molecule has 0 atom stereocenters. The summed E-state index contributed by atoms with van der Waals surface area (Å²) in [7, 11) is 0. The summed E-state index contributed by atoms with van der Waals surface area (Å²) in [6.07, 6.45) is 4.03. The van der Waals surface area contributed by atoms with Gasteiger partial charge in [-0.25, -0.2) is 4.98 Å². The van der Waals surface area contributed by atoms with Gasteiger partial charge in [0.1, 0.15) is 9.88 Å². The van der Waals surface area contributed by atoms with E-state index in [0.717, 1.165) is 35.8 Å². The Morgan fingerprint density at radius 2 is 2.36 bits per heavy atom. The summed E-state index contributed by atoms with van der Waals surface area (Å²) in [5.74, 6) is 0.141. The van der Waals surface area contributed by atoms with Crippen molar-refractivity contribution in [2.75, 3.05) is 19.6 Å². The molecule has 0 unspecified atom stereocenters. The summed E-state index contributed by atoms with van der Waals surface area (Å²) in [5, 5.41) is 5.77. The molecule has 5 nitrogen and oxygen atoms in total. The second-order valence-electron chi connectivity index (χ2n) is 5.10. The lowest BCUT2D eigenvalue weighted by molar-refractivity contribution is -0.127. The van der Waals surface area contributed by atoms with Gasteiger partial charge >= 0.3 is 0 Å². The minimum Gasteiger partial charge on any atom is -0.351 e. The zero-order valence-electron chi connectivity index (χ0n) is 12.1. The third kappa shape index (κ3) is 3.53. The van der Waals surface area contributed by atoms with E-state index in [1.807, 2.05) is 22.4 Å². The molecule has 116 valence electrons. The van der Waals surface area contributed by atoms with Crippen LogP contribution in [0.4, 0.5) is 0 Å². The molecule has 1 aliphatic rings. The molecule has 0 aliphatic carbocycles. The molecule has 2 aromatic rings. The number of nitrogens with zero attached hydrogens (tertiary/aromatic N) is 2. The van der Waals surface area contributed by atoms with Gasteiger partial charge in [-0.2, -0.15) is 0 Å². The van der Waals surface area contributed by atoms with E-state index in [9.17, 15) is 9.59 Å². The van der Waals surface area contributed by atoms with Gasteiger partial charge in [0.05, 0.1) is 11.1 Å². The van der Waals surface area contributed by atoms with Gasteiger partial charge < -0.3 is 10.2 Å². The first kappa shape index (κ1) is 15.2. The number of likely N-dealkylation sites (tertiary alicyclic amines) is 1. The van der Waals surface area contributed by atoms with Gasteiger partial charge in [0, 0.05) is 26.1 Å². The quantitative estimate of drug-likeness (QED) is 0.826. The monoisotopic (exact) mass is 335 g/mol. The SMILES string of the molecule is O=C(NCCCN1CCCC1=O)c1cnc(-c2cccs2)s1. The third-order valence-corrected chi connectivity index (χ3v) is 5.56. The first-order valence-electron chi connectivity index (χ1n) is 7.30. The Labute approximate surface area is 137 Å². The zero-order valence-corrected chi connectivity index (χ0v) is 13.7. The van der Waals surface area contributed by atoms with Crippen molar-refractivity contribution in [1.82, 2.24) is 15.2 Å². The number of aromatic nitrogens is 1. The number of amides is 2. The second-order valence-corrected chi connectivity index (χ2v) is 7.08. The fourth-order valence-electron chi connectivity index (χ4n) is 2.39. The molecule has 3 heterocycles. The maximum atomic E-state index is 12.1. The van der Waals surface area contributed by atoms with Crippen molar-refractivity contribution in [1.29, 1.82) is 0 Å². The highest BCUT2D eigenvalue weighted by Crippen LogP contribution is 2.28. The number of thiophene rings is 1. The predicted octanol–water partition coefficient (Wildman–Crippen LogP) is 2.61. The summed E-state index contributed by atoms with van der Waals surface area (Å²) in [4.78, 5) is 31.4. The molecule has 0 radical (unpaired) electrons. The van der Waals surface area contributed by atoms with E-state index >= 15 is 0 Å². The summed E-state index contributed by atoms with van der Waals surface area (Å²) in [5.41, 5.74) is 0. The number of thiazole rings is 1. The molecule has 2 amide bonds. The molecule has 1 N–H and O–H groups in total. The van der Waals surface area contributed by atoms with Crippen molar-refractivity contribution in [3.8, 4) is 9.88 Å². The largest absolute Gasteiger partial charge is 0.351 e. The topological polar surface area (TPSA) is 62.3 Å². The van der Waals surface area contributed by atoms with Crippen LogP contribution in [0.2, 0.25) is 0 Å². The highest BCUT2D eigenvalue weighted by atomic mass is 32.1. The average molecular weight is 335 g/mol. The first-order valence-corrected chi connectivity index (χ1v) is 8.99. The summed E-state index contributed by atoms with van der Waals surface area (Å²) >= 11 is 3.02. The highest BCUT2D eigenvalue weighted by Gasteiger charge is 2.19. The Morgan fingerprint density at radius 3 is 3.09 bits per heavy atom. The van der Waals surface area contributed by atoms with E-state index in [-0.39, 0.29) is 11.8 Å². The van der Waals surface area contributed by atoms with Gasteiger partial charge in [-0.3, -0.25) is 9.59 Å². The Balaban J connectivity index is 1.45. The highest BCUT2D eigenvalue weighted by molar-refractivity contribution is 7.21. The van der Waals surface area contributed by atoms with E-state index in [0.29, 0.717) is 17.8 Å². The molecule has 22 heavy (non-hydrogen) atoms. The Hall–Kier alpha value is -1.73. The number of nitrogens with one attached hydrogen (secondary N) is 1. The van der Waals surface area contributed by atoms with E-state index in [1.54, 1.807) is 17.5 Å².